The van der Waals surface area contributed by atoms with Crippen molar-refractivity contribution in [3.63, 3.8) is 0 Å². The molecule has 2 aromatic heterocycles. The number of aromatic nitrogens is 3. The lowest BCUT2D eigenvalue weighted by Crippen LogP contribution is -2.24. The number of hydrogen-bond acceptors (Lipinski definition) is 4. The minimum Gasteiger partial charge on any atom is -0.392 e. The van der Waals surface area contributed by atoms with Crippen LogP contribution in [0.2, 0.25) is 0 Å². The molecule has 23 heavy (non-hydrogen) atoms. The van der Waals surface area contributed by atoms with Crippen LogP contribution in [0.25, 0.3) is 5.78 Å². The first-order valence-electron chi connectivity index (χ1n) is 7.65. The first kappa shape index (κ1) is 14.3. The quantitative estimate of drug-likeness (QED) is 0.805. The fraction of sp³-hybridized carbons (Fsp3) is 0.294. The van der Waals surface area contributed by atoms with Crippen LogP contribution in [0.3, 0.4) is 0 Å². The molecule has 3 aromatic rings. The summed E-state index contributed by atoms with van der Waals surface area (Å²) in [6.07, 6.45) is 5.76. The SMILES string of the molecule is O[C@H]1C[C@@H](c2cccc(F)c2)N(Cc2cn3cccnc3n2)C1. The maximum atomic E-state index is 13.5. The molecule has 6 heteroatoms. The summed E-state index contributed by atoms with van der Waals surface area (Å²) in [5.74, 6) is 0.408. The fourth-order valence-electron chi connectivity index (χ4n) is 3.28. The highest BCUT2D eigenvalue weighted by atomic mass is 19.1. The van der Waals surface area contributed by atoms with E-state index < -0.39 is 6.10 Å². The number of fused-ring (bicyclic) bond motifs is 1. The van der Waals surface area contributed by atoms with Crippen LogP contribution in [0, 0.1) is 5.82 Å². The van der Waals surface area contributed by atoms with Gasteiger partial charge in [0, 0.05) is 37.7 Å². The Morgan fingerprint density at radius 2 is 2.22 bits per heavy atom. The van der Waals surface area contributed by atoms with E-state index in [1.165, 1.54) is 6.07 Å². The molecular formula is C17H17FN4O. The largest absolute Gasteiger partial charge is 0.392 e. The van der Waals surface area contributed by atoms with E-state index in [0.717, 1.165) is 11.3 Å². The smallest absolute Gasteiger partial charge is 0.233 e. The molecule has 0 spiro atoms. The lowest BCUT2D eigenvalue weighted by atomic mass is 10.0. The van der Waals surface area contributed by atoms with Gasteiger partial charge in [0.25, 0.3) is 0 Å². The second-order valence-corrected chi connectivity index (χ2v) is 5.95. The van der Waals surface area contributed by atoms with Crippen LogP contribution >= 0.6 is 0 Å². The minimum atomic E-state index is -0.404. The Bertz CT molecular complexity index is 801. The van der Waals surface area contributed by atoms with Gasteiger partial charge >= 0.3 is 0 Å². The van der Waals surface area contributed by atoms with Crippen LogP contribution in [-0.2, 0) is 6.54 Å². The van der Waals surface area contributed by atoms with Crippen molar-refractivity contribution in [3.05, 3.63) is 66.0 Å². The number of nitrogens with zero attached hydrogens (tertiary/aromatic N) is 4. The van der Waals surface area contributed by atoms with Crippen LogP contribution in [-0.4, -0.2) is 37.0 Å². The highest BCUT2D eigenvalue weighted by molar-refractivity contribution is 5.30. The number of halogens is 1. The van der Waals surface area contributed by atoms with Gasteiger partial charge in [-0.1, -0.05) is 12.1 Å². The molecule has 0 saturated carbocycles. The number of β-amino-alcohol motifs (C(OH)–C–C–N with tert-alkyl or cyclic N) is 1. The summed E-state index contributed by atoms with van der Waals surface area (Å²) < 4.78 is 15.4. The van der Waals surface area contributed by atoms with Gasteiger partial charge in [-0.2, -0.15) is 0 Å². The Morgan fingerprint density at radius 1 is 1.30 bits per heavy atom. The van der Waals surface area contributed by atoms with Crippen molar-refractivity contribution in [3.8, 4) is 0 Å². The average molecular weight is 312 g/mol. The molecule has 0 unspecified atom stereocenters. The molecule has 3 heterocycles. The van der Waals surface area contributed by atoms with Gasteiger partial charge in [0.1, 0.15) is 5.82 Å². The number of aliphatic hydroxyl groups is 1. The van der Waals surface area contributed by atoms with Crippen LogP contribution in [0.5, 0.6) is 0 Å². The second kappa shape index (κ2) is 5.72. The van der Waals surface area contributed by atoms with E-state index in [4.69, 9.17) is 0 Å². The second-order valence-electron chi connectivity index (χ2n) is 5.95. The normalized spacial score (nSPS) is 22.0. The summed E-state index contributed by atoms with van der Waals surface area (Å²) in [6, 6.07) is 8.45. The molecule has 2 atom stereocenters. The van der Waals surface area contributed by atoms with Crippen molar-refractivity contribution in [2.45, 2.75) is 25.1 Å². The monoisotopic (exact) mass is 312 g/mol. The number of aliphatic hydroxyl groups excluding tert-OH is 1. The van der Waals surface area contributed by atoms with Crippen LogP contribution in [0.15, 0.2) is 48.9 Å². The Balaban J connectivity index is 1.61. The summed E-state index contributed by atoms with van der Waals surface area (Å²) in [7, 11) is 0. The van der Waals surface area contributed by atoms with Gasteiger partial charge < -0.3 is 5.11 Å². The van der Waals surface area contributed by atoms with Gasteiger partial charge in [-0.25, -0.2) is 14.4 Å². The fourth-order valence-corrected chi connectivity index (χ4v) is 3.28. The van der Waals surface area contributed by atoms with E-state index in [9.17, 15) is 9.50 Å². The molecule has 118 valence electrons. The predicted octanol–water partition coefficient (Wildman–Crippen LogP) is 2.18. The summed E-state index contributed by atoms with van der Waals surface area (Å²) >= 11 is 0. The molecule has 1 saturated heterocycles. The number of benzene rings is 1. The van der Waals surface area contributed by atoms with Crippen molar-refractivity contribution in [2.75, 3.05) is 6.54 Å². The minimum absolute atomic E-state index is 0.00142. The van der Waals surface area contributed by atoms with E-state index in [2.05, 4.69) is 14.9 Å². The van der Waals surface area contributed by atoms with Crippen LogP contribution in [0.4, 0.5) is 4.39 Å². The zero-order chi connectivity index (χ0) is 15.8. The molecule has 1 aromatic carbocycles. The third-order valence-corrected chi connectivity index (χ3v) is 4.27. The molecule has 1 aliphatic rings. The van der Waals surface area contributed by atoms with Crippen LogP contribution in [0.1, 0.15) is 23.7 Å². The molecule has 0 amide bonds. The molecule has 1 aliphatic heterocycles. The third-order valence-electron chi connectivity index (χ3n) is 4.27. The molecule has 1 fully saturated rings. The maximum absolute atomic E-state index is 13.5. The van der Waals surface area contributed by atoms with E-state index in [-0.39, 0.29) is 11.9 Å². The van der Waals surface area contributed by atoms with Crippen LogP contribution < -0.4 is 0 Å². The Hall–Kier alpha value is -2.31. The van der Waals surface area contributed by atoms with Gasteiger partial charge in [-0.3, -0.25) is 9.30 Å². The molecule has 5 nitrogen and oxygen atoms in total. The predicted molar refractivity (Wildman–Crippen MR) is 83.2 cm³/mol. The third kappa shape index (κ3) is 2.83. The average Bonchev–Trinajstić information content (AvgIpc) is 3.10. The van der Waals surface area contributed by atoms with Gasteiger partial charge in [0.15, 0.2) is 0 Å². The van der Waals surface area contributed by atoms with Crippen molar-refractivity contribution in [2.24, 2.45) is 0 Å². The molecule has 0 aliphatic carbocycles. The Kier molecular flexibility index (Phi) is 3.55. The summed E-state index contributed by atoms with van der Waals surface area (Å²) in [5.41, 5.74) is 1.78. The number of rotatable bonds is 3. The lowest BCUT2D eigenvalue weighted by Gasteiger charge is -2.23. The Morgan fingerprint density at radius 3 is 3.04 bits per heavy atom. The van der Waals surface area contributed by atoms with Gasteiger partial charge in [0.2, 0.25) is 5.78 Å². The zero-order valence-corrected chi connectivity index (χ0v) is 12.5. The van der Waals surface area contributed by atoms with Crippen molar-refractivity contribution in [1.29, 1.82) is 0 Å². The topological polar surface area (TPSA) is 53.7 Å². The molecule has 0 bridgehead atoms. The standard InChI is InChI=1S/C17H17FN4O/c18-13-4-1-3-12(7-13)16-8-15(23)11-22(16)10-14-9-21-6-2-5-19-17(21)20-14/h1-7,9,15-16,23H,8,10-11H2/t15-,16-/m0/s1. The summed E-state index contributed by atoms with van der Waals surface area (Å²) in [6.45, 7) is 1.16. The number of hydrogen-bond donors (Lipinski definition) is 1. The molecular weight excluding hydrogens is 295 g/mol. The molecule has 0 radical (unpaired) electrons. The van der Waals surface area contributed by atoms with E-state index >= 15 is 0 Å². The summed E-state index contributed by atoms with van der Waals surface area (Å²) in [4.78, 5) is 10.9. The summed E-state index contributed by atoms with van der Waals surface area (Å²) in [5, 5.41) is 10.0. The lowest BCUT2D eigenvalue weighted by molar-refractivity contribution is 0.172. The van der Waals surface area contributed by atoms with E-state index in [1.807, 2.05) is 28.9 Å². The van der Waals surface area contributed by atoms with Gasteiger partial charge in [-0.05, 0) is 30.2 Å². The Labute approximate surface area is 133 Å². The van der Waals surface area contributed by atoms with Crippen molar-refractivity contribution in [1.82, 2.24) is 19.3 Å². The highest BCUT2D eigenvalue weighted by Gasteiger charge is 2.32. The number of likely N-dealkylation sites (tertiary alicyclic amines) is 1. The molecule has 4 rings (SSSR count). The highest BCUT2D eigenvalue weighted by Crippen LogP contribution is 2.33. The van der Waals surface area contributed by atoms with Gasteiger partial charge in [-0.15, -0.1) is 0 Å². The molecule has 1 N–H and O–H groups in total. The van der Waals surface area contributed by atoms with Crippen molar-refractivity contribution < 1.29 is 9.50 Å². The van der Waals surface area contributed by atoms with Crippen molar-refractivity contribution >= 4 is 5.78 Å². The van der Waals surface area contributed by atoms with Gasteiger partial charge in [0.05, 0.1) is 11.8 Å². The zero-order valence-electron chi connectivity index (χ0n) is 12.5. The van der Waals surface area contributed by atoms with E-state index in [1.54, 1.807) is 18.3 Å². The number of imidazole rings is 1. The van der Waals surface area contributed by atoms with E-state index in [0.29, 0.717) is 25.3 Å². The first-order valence-corrected chi connectivity index (χ1v) is 7.65. The first-order chi connectivity index (χ1) is 11.2. The maximum Gasteiger partial charge on any atom is 0.233 e.